The van der Waals surface area contributed by atoms with E-state index in [1.165, 1.54) is 11.3 Å². The molecule has 0 fully saturated rings. The molecule has 0 heterocycles. The van der Waals surface area contributed by atoms with Crippen LogP contribution in [0.4, 0.5) is 11.4 Å². The summed E-state index contributed by atoms with van der Waals surface area (Å²) in [6, 6.07) is 12.0. The van der Waals surface area contributed by atoms with Crippen molar-refractivity contribution >= 4 is 17.3 Å². The minimum atomic E-state index is -0.0632. The first-order valence-corrected chi connectivity index (χ1v) is 8.20. The van der Waals surface area contributed by atoms with Gasteiger partial charge in [-0.2, -0.15) is 0 Å². The highest BCUT2D eigenvalue weighted by molar-refractivity contribution is 6.04. The predicted octanol–water partition coefficient (Wildman–Crippen LogP) is 4.71. The largest absolute Gasteiger partial charge is 0.372 e. The van der Waals surface area contributed by atoms with E-state index >= 15 is 0 Å². The molecular formula is C20H26N2O. The Hall–Kier alpha value is -2.29. The average molecular weight is 310 g/mol. The summed E-state index contributed by atoms with van der Waals surface area (Å²) >= 11 is 0. The molecule has 2 aromatic carbocycles. The lowest BCUT2D eigenvalue weighted by Crippen LogP contribution is -2.22. The summed E-state index contributed by atoms with van der Waals surface area (Å²) < 4.78 is 0. The highest BCUT2D eigenvalue weighted by atomic mass is 16.1. The Morgan fingerprint density at radius 3 is 2.17 bits per heavy atom. The molecule has 0 atom stereocenters. The van der Waals surface area contributed by atoms with Crippen molar-refractivity contribution in [3.05, 3.63) is 58.7 Å². The SMILES string of the molecule is CCN(CC)c1ccc(NC(=O)c2ccc(C)c(C)c2)c(C)c1. The summed E-state index contributed by atoms with van der Waals surface area (Å²) in [5.74, 6) is -0.0632. The van der Waals surface area contributed by atoms with E-state index in [4.69, 9.17) is 0 Å². The molecule has 0 saturated carbocycles. The van der Waals surface area contributed by atoms with Gasteiger partial charge in [-0.05, 0) is 81.6 Å². The van der Waals surface area contributed by atoms with Crippen LogP contribution in [0.25, 0.3) is 0 Å². The number of rotatable bonds is 5. The second kappa shape index (κ2) is 7.32. The summed E-state index contributed by atoms with van der Waals surface area (Å²) in [6.45, 7) is 12.4. The Morgan fingerprint density at radius 1 is 0.913 bits per heavy atom. The fourth-order valence-corrected chi connectivity index (χ4v) is 2.65. The van der Waals surface area contributed by atoms with Crippen LogP contribution >= 0.6 is 0 Å². The van der Waals surface area contributed by atoms with Crippen LogP contribution in [-0.2, 0) is 0 Å². The van der Waals surface area contributed by atoms with Gasteiger partial charge in [0.1, 0.15) is 0 Å². The summed E-state index contributed by atoms with van der Waals surface area (Å²) in [5, 5.41) is 3.02. The first-order chi connectivity index (χ1) is 11.0. The zero-order valence-corrected chi connectivity index (χ0v) is 14.7. The average Bonchev–Trinajstić information content (AvgIpc) is 2.53. The molecule has 0 aromatic heterocycles. The zero-order valence-electron chi connectivity index (χ0n) is 14.7. The van der Waals surface area contributed by atoms with Gasteiger partial charge in [-0.25, -0.2) is 0 Å². The molecule has 0 aliphatic carbocycles. The van der Waals surface area contributed by atoms with Gasteiger partial charge in [0.15, 0.2) is 0 Å². The van der Waals surface area contributed by atoms with Gasteiger partial charge in [-0.3, -0.25) is 4.79 Å². The van der Waals surface area contributed by atoms with Crippen LogP contribution < -0.4 is 10.2 Å². The fraction of sp³-hybridized carbons (Fsp3) is 0.350. The number of nitrogens with one attached hydrogen (secondary N) is 1. The summed E-state index contributed by atoms with van der Waals surface area (Å²) in [5.41, 5.74) is 6.15. The molecule has 3 nitrogen and oxygen atoms in total. The number of hydrogen-bond donors (Lipinski definition) is 1. The van der Waals surface area contributed by atoms with E-state index in [0.717, 1.165) is 29.9 Å². The van der Waals surface area contributed by atoms with Crippen molar-refractivity contribution in [2.45, 2.75) is 34.6 Å². The summed E-state index contributed by atoms with van der Waals surface area (Å²) in [4.78, 5) is 14.7. The highest BCUT2D eigenvalue weighted by Gasteiger charge is 2.10. The van der Waals surface area contributed by atoms with Crippen LogP contribution in [0.2, 0.25) is 0 Å². The molecule has 122 valence electrons. The van der Waals surface area contributed by atoms with E-state index in [-0.39, 0.29) is 5.91 Å². The van der Waals surface area contributed by atoms with E-state index in [2.05, 4.69) is 36.2 Å². The minimum Gasteiger partial charge on any atom is -0.372 e. The Labute approximate surface area is 139 Å². The van der Waals surface area contributed by atoms with Crippen molar-refractivity contribution in [2.24, 2.45) is 0 Å². The van der Waals surface area contributed by atoms with E-state index in [9.17, 15) is 4.79 Å². The molecular weight excluding hydrogens is 284 g/mol. The molecule has 0 unspecified atom stereocenters. The van der Waals surface area contributed by atoms with Crippen LogP contribution in [0.3, 0.4) is 0 Å². The first-order valence-electron chi connectivity index (χ1n) is 8.20. The molecule has 2 rings (SSSR count). The lowest BCUT2D eigenvalue weighted by atomic mass is 10.1. The van der Waals surface area contributed by atoms with Gasteiger partial charge in [0.05, 0.1) is 0 Å². The summed E-state index contributed by atoms with van der Waals surface area (Å²) in [6.07, 6.45) is 0. The van der Waals surface area contributed by atoms with Gasteiger partial charge < -0.3 is 10.2 Å². The molecule has 0 aliphatic rings. The Morgan fingerprint density at radius 2 is 1.61 bits per heavy atom. The van der Waals surface area contributed by atoms with Crippen molar-refractivity contribution in [1.82, 2.24) is 0 Å². The predicted molar refractivity (Wildman–Crippen MR) is 98.6 cm³/mol. The van der Waals surface area contributed by atoms with Gasteiger partial charge in [-0.15, -0.1) is 0 Å². The zero-order chi connectivity index (χ0) is 17.0. The number of aryl methyl sites for hydroxylation is 3. The lowest BCUT2D eigenvalue weighted by molar-refractivity contribution is 0.102. The van der Waals surface area contributed by atoms with Crippen LogP contribution in [0, 0.1) is 20.8 Å². The molecule has 0 spiro atoms. The van der Waals surface area contributed by atoms with E-state index in [1.807, 2.05) is 45.0 Å². The summed E-state index contributed by atoms with van der Waals surface area (Å²) in [7, 11) is 0. The number of anilines is 2. The normalized spacial score (nSPS) is 10.5. The van der Waals surface area contributed by atoms with Crippen LogP contribution in [0.15, 0.2) is 36.4 Å². The Bertz CT molecular complexity index is 703. The third-order valence-corrected chi connectivity index (χ3v) is 4.36. The van der Waals surface area contributed by atoms with Crippen LogP contribution in [0.5, 0.6) is 0 Å². The van der Waals surface area contributed by atoms with Crippen molar-refractivity contribution in [3.63, 3.8) is 0 Å². The molecule has 2 aromatic rings. The van der Waals surface area contributed by atoms with Crippen molar-refractivity contribution in [3.8, 4) is 0 Å². The van der Waals surface area contributed by atoms with Crippen molar-refractivity contribution < 1.29 is 4.79 Å². The number of carbonyl (C=O) groups is 1. The third kappa shape index (κ3) is 3.92. The Kier molecular flexibility index (Phi) is 5.43. The third-order valence-electron chi connectivity index (χ3n) is 4.36. The van der Waals surface area contributed by atoms with Gasteiger partial charge in [0.2, 0.25) is 0 Å². The molecule has 0 radical (unpaired) electrons. The van der Waals surface area contributed by atoms with E-state index in [1.54, 1.807) is 0 Å². The first kappa shape index (κ1) is 17.1. The monoisotopic (exact) mass is 310 g/mol. The van der Waals surface area contributed by atoms with Gasteiger partial charge in [-0.1, -0.05) is 6.07 Å². The number of hydrogen-bond acceptors (Lipinski definition) is 2. The molecule has 3 heteroatoms. The van der Waals surface area contributed by atoms with Crippen molar-refractivity contribution in [2.75, 3.05) is 23.3 Å². The van der Waals surface area contributed by atoms with Crippen LogP contribution in [0.1, 0.15) is 40.9 Å². The minimum absolute atomic E-state index is 0.0632. The maximum absolute atomic E-state index is 12.4. The second-order valence-corrected chi connectivity index (χ2v) is 5.92. The quantitative estimate of drug-likeness (QED) is 0.867. The molecule has 23 heavy (non-hydrogen) atoms. The Balaban J connectivity index is 2.19. The van der Waals surface area contributed by atoms with E-state index < -0.39 is 0 Å². The highest BCUT2D eigenvalue weighted by Crippen LogP contribution is 2.23. The van der Waals surface area contributed by atoms with Crippen LogP contribution in [-0.4, -0.2) is 19.0 Å². The van der Waals surface area contributed by atoms with Gasteiger partial charge >= 0.3 is 0 Å². The smallest absolute Gasteiger partial charge is 0.255 e. The standard InChI is InChI=1S/C20H26N2O/c1-6-22(7-2)18-10-11-19(16(5)13-18)21-20(23)17-9-8-14(3)15(4)12-17/h8-13H,6-7H2,1-5H3,(H,21,23). The number of amides is 1. The molecule has 1 amide bonds. The fourth-order valence-electron chi connectivity index (χ4n) is 2.65. The molecule has 0 saturated heterocycles. The lowest BCUT2D eigenvalue weighted by Gasteiger charge is -2.22. The number of nitrogens with zero attached hydrogens (tertiary/aromatic N) is 1. The molecule has 1 N–H and O–H groups in total. The molecule has 0 aliphatic heterocycles. The molecule has 0 bridgehead atoms. The van der Waals surface area contributed by atoms with Gasteiger partial charge in [0, 0.05) is 30.0 Å². The van der Waals surface area contributed by atoms with Crippen molar-refractivity contribution in [1.29, 1.82) is 0 Å². The van der Waals surface area contributed by atoms with Gasteiger partial charge in [0.25, 0.3) is 5.91 Å². The number of benzene rings is 2. The van der Waals surface area contributed by atoms with E-state index in [0.29, 0.717) is 5.56 Å². The number of carbonyl (C=O) groups excluding carboxylic acids is 1. The maximum Gasteiger partial charge on any atom is 0.255 e. The topological polar surface area (TPSA) is 32.3 Å². The maximum atomic E-state index is 12.4. The second-order valence-electron chi connectivity index (χ2n) is 5.92.